The lowest BCUT2D eigenvalue weighted by Gasteiger charge is -2.22. The number of benzene rings is 1. The van der Waals surface area contributed by atoms with Gasteiger partial charge in [-0.25, -0.2) is 0 Å². The number of hydrogen-bond donors (Lipinski definition) is 2. The molecule has 0 aromatic heterocycles. The monoisotopic (exact) mass is 250 g/mol. The van der Waals surface area contributed by atoms with E-state index in [1.54, 1.807) is 0 Å². The molecule has 0 radical (unpaired) electrons. The minimum Gasteiger partial charge on any atom is -0.349 e. The van der Waals surface area contributed by atoms with Crippen molar-refractivity contribution in [2.24, 2.45) is 5.73 Å². The molecule has 0 aliphatic carbocycles. The molecule has 0 saturated carbocycles. The van der Waals surface area contributed by atoms with Gasteiger partial charge in [0.25, 0.3) is 5.91 Å². The standard InChI is InChI=1S/C13H18N2OS/c14-9-10-1-3-11(4-2-10)13(16)15-12-5-7-17-8-6-12/h1-4,12H,5-9,14H2,(H,15,16). The maximum absolute atomic E-state index is 12.0. The first kappa shape index (κ1) is 12.5. The first-order valence-electron chi connectivity index (χ1n) is 5.97. The van der Waals surface area contributed by atoms with E-state index in [4.69, 9.17) is 5.73 Å². The van der Waals surface area contributed by atoms with E-state index < -0.39 is 0 Å². The van der Waals surface area contributed by atoms with Crippen molar-refractivity contribution in [2.45, 2.75) is 25.4 Å². The van der Waals surface area contributed by atoms with Crippen molar-refractivity contribution < 1.29 is 4.79 Å². The third kappa shape index (κ3) is 3.48. The van der Waals surface area contributed by atoms with Crippen LogP contribution < -0.4 is 11.1 Å². The van der Waals surface area contributed by atoms with Gasteiger partial charge in [-0.2, -0.15) is 11.8 Å². The zero-order valence-electron chi connectivity index (χ0n) is 9.82. The molecule has 1 amide bonds. The van der Waals surface area contributed by atoms with Gasteiger partial charge in [-0.15, -0.1) is 0 Å². The fourth-order valence-corrected chi connectivity index (χ4v) is 3.01. The van der Waals surface area contributed by atoms with E-state index in [-0.39, 0.29) is 5.91 Å². The summed E-state index contributed by atoms with van der Waals surface area (Å²) < 4.78 is 0. The number of thioether (sulfide) groups is 1. The first-order chi connectivity index (χ1) is 8.29. The van der Waals surface area contributed by atoms with Gasteiger partial charge in [0.2, 0.25) is 0 Å². The first-order valence-corrected chi connectivity index (χ1v) is 7.12. The summed E-state index contributed by atoms with van der Waals surface area (Å²) in [5.74, 6) is 2.33. The summed E-state index contributed by atoms with van der Waals surface area (Å²) in [5, 5.41) is 3.09. The molecule has 3 N–H and O–H groups in total. The molecule has 0 unspecified atom stereocenters. The Morgan fingerprint density at radius 2 is 1.94 bits per heavy atom. The summed E-state index contributed by atoms with van der Waals surface area (Å²) in [5.41, 5.74) is 7.30. The number of carbonyl (C=O) groups is 1. The average molecular weight is 250 g/mol. The summed E-state index contributed by atoms with van der Waals surface area (Å²) in [6.45, 7) is 0.516. The quantitative estimate of drug-likeness (QED) is 0.859. The van der Waals surface area contributed by atoms with Crippen LogP contribution in [0.3, 0.4) is 0 Å². The zero-order valence-corrected chi connectivity index (χ0v) is 10.6. The Bertz CT molecular complexity index is 372. The average Bonchev–Trinajstić information content (AvgIpc) is 2.40. The molecule has 3 nitrogen and oxygen atoms in total. The molecule has 1 aliphatic rings. The highest BCUT2D eigenvalue weighted by atomic mass is 32.2. The van der Waals surface area contributed by atoms with Gasteiger partial charge in [0.15, 0.2) is 0 Å². The van der Waals surface area contributed by atoms with Crippen LogP contribution in [-0.2, 0) is 6.54 Å². The molecule has 0 bridgehead atoms. The molecule has 1 aliphatic heterocycles. The van der Waals surface area contributed by atoms with E-state index in [1.165, 1.54) is 0 Å². The van der Waals surface area contributed by atoms with Crippen LogP contribution in [0, 0.1) is 0 Å². The van der Waals surface area contributed by atoms with Gasteiger partial charge < -0.3 is 11.1 Å². The molecule has 0 atom stereocenters. The van der Waals surface area contributed by atoms with E-state index in [0.29, 0.717) is 12.6 Å². The highest BCUT2D eigenvalue weighted by Gasteiger charge is 2.16. The van der Waals surface area contributed by atoms with Crippen LogP contribution in [0.1, 0.15) is 28.8 Å². The van der Waals surface area contributed by atoms with E-state index >= 15 is 0 Å². The molecule has 4 heteroatoms. The zero-order chi connectivity index (χ0) is 12.1. The van der Waals surface area contributed by atoms with Crippen LogP contribution in [0.15, 0.2) is 24.3 Å². The molecule has 92 valence electrons. The van der Waals surface area contributed by atoms with E-state index in [1.807, 2.05) is 36.0 Å². The summed E-state index contributed by atoms with van der Waals surface area (Å²) in [7, 11) is 0. The Hall–Kier alpha value is -1.00. The van der Waals surface area contributed by atoms with Gasteiger partial charge in [0.05, 0.1) is 0 Å². The maximum Gasteiger partial charge on any atom is 0.251 e. The largest absolute Gasteiger partial charge is 0.349 e. The molecular weight excluding hydrogens is 232 g/mol. The smallest absolute Gasteiger partial charge is 0.251 e. The topological polar surface area (TPSA) is 55.1 Å². The van der Waals surface area contributed by atoms with Gasteiger partial charge >= 0.3 is 0 Å². The summed E-state index contributed by atoms with van der Waals surface area (Å²) >= 11 is 1.96. The SMILES string of the molecule is NCc1ccc(C(=O)NC2CCSCC2)cc1. The number of carbonyl (C=O) groups excluding carboxylic acids is 1. The second-order valence-corrected chi connectivity index (χ2v) is 5.49. The molecule has 2 rings (SSSR count). The molecule has 0 spiro atoms. The Kier molecular flexibility index (Phi) is 4.45. The molecule has 1 saturated heterocycles. The molecule has 1 aromatic carbocycles. The van der Waals surface area contributed by atoms with E-state index in [9.17, 15) is 4.79 Å². The third-order valence-corrected chi connectivity index (χ3v) is 4.06. The summed E-state index contributed by atoms with van der Waals surface area (Å²) in [6.07, 6.45) is 2.16. The highest BCUT2D eigenvalue weighted by molar-refractivity contribution is 7.99. The number of nitrogens with two attached hydrogens (primary N) is 1. The highest BCUT2D eigenvalue weighted by Crippen LogP contribution is 2.17. The van der Waals surface area contributed by atoms with Crippen molar-refractivity contribution in [2.75, 3.05) is 11.5 Å². The molecule has 1 heterocycles. The minimum atomic E-state index is 0.0328. The van der Waals surface area contributed by atoms with Gasteiger partial charge in [-0.3, -0.25) is 4.79 Å². The number of nitrogens with one attached hydrogen (secondary N) is 1. The molecule has 1 fully saturated rings. The van der Waals surface area contributed by atoms with E-state index in [0.717, 1.165) is 35.5 Å². The number of amides is 1. The lowest BCUT2D eigenvalue weighted by Crippen LogP contribution is -2.37. The lowest BCUT2D eigenvalue weighted by atomic mass is 10.1. The molecule has 1 aromatic rings. The Labute approximate surface area is 106 Å². The normalized spacial score (nSPS) is 16.8. The van der Waals surface area contributed by atoms with E-state index in [2.05, 4.69) is 5.32 Å². The fraction of sp³-hybridized carbons (Fsp3) is 0.462. The van der Waals surface area contributed by atoms with Crippen LogP contribution >= 0.6 is 11.8 Å². The Morgan fingerprint density at radius 3 is 2.53 bits per heavy atom. The van der Waals surface area contributed by atoms with Gasteiger partial charge in [0, 0.05) is 18.2 Å². The van der Waals surface area contributed by atoms with Crippen molar-refractivity contribution in [3.8, 4) is 0 Å². The second-order valence-electron chi connectivity index (χ2n) is 4.26. The van der Waals surface area contributed by atoms with Gasteiger partial charge in [0.1, 0.15) is 0 Å². The summed E-state index contributed by atoms with van der Waals surface area (Å²) in [4.78, 5) is 12.0. The van der Waals surface area contributed by atoms with Crippen LogP contribution in [0.25, 0.3) is 0 Å². The fourth-order valence-electron chi connectivity index (χ4n) is 1.90. The van der Waals surface area contributed by atoms with Crippen LogP contribution in [0.4, 0.5) is 0 Å². The Balaban J connectivity index is 1.93. The molecular formula is C13H18N2OS. The van der Waals surface area contributed by atoms with Crippen LogP contribution in [0.2, 0.25) is 0 Å². The lowest BCUT2D eigenvalue weighted by molar-refractivity contribution is 0.0935. The maximum atomic E-state index is 12.0. The van der Waals surface area contributed by atoms with Crippen LogP contribution in [-0.4, -0.2) is 23.5 Å². The van der Waals surface area contributed by atoms with Crippen LogP contribution in [0.5, 0.6) is 0 Å². The Morgan fingerprint density at radius 1 is 1.29 bits per heavy atom. The minimum absolute atomic E-state index is 0.0328. The number of hydrogen-bond acceptors (Lipinski definition) is 3. The van der Waals surface area contributed by atoms with Gasteiger partial charge in [-0.1, -0.05) is 12.1 Å². The van der Waals surface area contributed by atoms with Gasteiger partial charge in [-0.05, 0) is 42.0 Å². The second kappa shape index (κ2) is 6.07. The van der Waals surface area contributed by atoms with Crippen molar-refractivity contribution in [3.05, 3.63) is 35.4 Å². The molecule has 17 heavy (non-hydrogen) atoms. The summed E-state index contributed by atoms with van der Waals surface area (Å²) in [6, 6.07) is 7.85. The predicted molar refractivity (Wildman–Crippen MR) is 72.1 cm³/mol. The van der Waals surface area contributed by atoms with Crippen molar-refractivity contribution in [1.82, 2.24) is 5.32 Å². The van der Waals surface area contributed by atoms with Crippen molar-refractivity contribution in [3.63, 3.8) is 0 Å². The number of rotatable bonds is 3. The van der Waals surface area contributed by atoms with Crippen molar-refractivity contribution in [1.29, 1.82) is 0 Å². The third-order valence-electron chi connectivity index (χ3n) is 3.01. The van der Waals surface area contributed by atoms with Crippen molar-refractivity contribution >= 4 is 17.7 Å². The predicted octanol–water partition coefficient (Wildman–Crippen LogP) is 1.77.